The number of benzene rings is 3. The van der Waals surface area contributed by atoms with E-state index in [1.165, 1.54) is 11.8 Å². The molecule has 0 spiro atoms. The maximum Gasteiger partial charge on any atom is 0.234 e. The van der Waals surface area contributed by atoms with Gasteiger partial charge in [0, 0.05) is 50.4 Å². The number of sulfonamides is 1. The Morgan fingerprint density at radius 3 is 2.41 bits per heavy atom. The molecule has 3 aromatic carbocycles. The van der Waals surface area contributed by atoms with E-state index in [2.05, 4.69) is 58.3 Å². The Balaban J connectivity index is 0.934. The quantitative estimate of drug-likeness (QED) is 0.0671. The lowest BCUT2D eigenvalue weighted by molar-refractivity contribution is -0.134. The SMILES string of the molecule is COc1cc(N2CCC(NCCNCCc3ccc(C4CCC(=O)NC4=O)cc3)CC2)ccc1Nc1ncc(Cl)c(Nc2ccccc2NS(C)(=O)=O)n1. The fraction of sp³-hybridized carbons (Fsp3) is 0.368. The summed E-state index contributed by atoms with van der Waals surface area (Å²) in [4.78, 5) is 34.8. The number of piperidine rings is 2. The fourth-order valence-electron chi connectivity index (χ4n) is 6.62. The molecule has 2 fully saturated rings. The summed E-state index contributed by atoms with van der Waals surface area (Å²) in [6, 6.07) is 21.4. The number of anilines is 6. The highest BCUT2D eigenvalue weighted by Gasteiger charge is 2.27. The van der Waals surface area contributed by atoms with Gasteiger partial charge in [0.05, 0.1) is 42.5 Å². The van der Waals surface area contributed by atoms with Gasteiger partial charge >= 0.3 is 0 Å². The third-order valence-electron chi connectivity index (χ3n) is 9.46. The van der Waals surface area contributed by atoms with Crippen molar-refractivity contribution in [1.29, 1.82) is 0 Å². The van der Waals surface area contributed by atoms with Gasteiger partial charge in [-0.05, 0) is 67.6 Å². The van der Waals surface area contributed by atoms with Crippen molar-refractivity contribution in [3.8, 4) is 5.75 Å². The van der Waals surface area contributed by atoms with Crippen LogP contribution in [0.5, 0.6) is 5.75 Å². The molecule has 2 saturated heterocycles. The molecular formula is C38H46ClN9O5S. The Morgan fingerprint density at radius 2 is 1.69 bits per heavy atom. The molecule has 14 nitrogen and oxygen atoms in total. The second-order valence-corrected chi connectivity index (χ2v) is 15.6. The first-order valence-electron chi connectivity index (χ1n) is 18.0. The van der Waals surface area contributed by atoms with Crippen LogP contribution in [0.4, 0.5) is 34.5 Å². The van der Waals surface area contributed by atoms with Crippen LogP contribution in [-0.2, 0) is 26.0 Å². The largest absolute Gasteiger partial charge is 0.494 e. The standard InChI is InChI=1S/C38H46ClN9O5S/c1-53-34-23-28(11-13-33(34)44-38-42-24-30(39)36(46-38)43-31-5-3-4-6-32(31)47-54(2,51)52)48-21-16-27(17-22-48)41-20-19-40-18-15-25-7-9-26(10-8-25)29-12-14-35(49)45-37(29)50/h3-11,13,23-24,27,29,40-41,47H,12,14-22H2,1-2H3,(H,45,49,50)(H2,42,43,44,46). The summed E-state index contributed by atoms with van der Waals surface area (Å²) in [7, 11) is -1.88. The third kappa shape index (κ3) is 10.6. The van der Waals surface area contributed by atoms with Gasteiger partial charge in [-0.15, -0.1) is 0 Å². The number of aromatic nitrogens is 2. The summed E-state index contributed by atoms with van der Waals surface area (Å²) in [6.07, 6.45) is 6.46. The van der Waals surface area contributed by atoms with Crippen molar-refractivity contribution in [3.05, 3.63) is 89.1 Å². The normalized spacial score (nSPS) is 16.5. The predicted molar refractivity (Wildman–Crippen MR) is 213 cm³/mol. The number of imide groups is 1. The Hall–Kier alpha value is -4.96. The Kier molecular flexibility index (Phi) is 12.9. The van der Waals surface area contributed by atoms with E-state index in [9.17, 15) is 18.0 Å². The lowest BCUT2D eigenvalue weighted by atomic mass is 9.90. The van der Waals surface area contributed by atoms with Crippen molar-refractivity contribution in [2.75, 3.05) is 66.3 Å². The van der Waals surface area contributed by atoms with E-state index in [1.807, 2.05) is 30.3 Å². The lowest BCUT2D eigenvalue weighted by Crippen LogP contribution is -2.44. The summed E-state index contributed by atoms with van der Waals surface area (Å²) < 4.78 is 31.9. The third-order valence-corrected chi connectivity index (χ3v) is 10.3. The predicted octanol–water partition coefficient (Wildman–Crippen LogP) is 4.91. The minimum Gasteiger partial charge on any atom is -0.494 e. The average Bonchev–Trinajstić information content (AvgIpc) is 3.15. The number of nitrogens with one attached hydrogen (secondary N) is 6. The number of carbonyl (C=O) groups is 2. The minimum atomic E-state index is -3.50. The van der Waals surface area contributed by atoms with Gasteiger partial charge in [0.25, 0.3) is 0 Å². The van der Waals surface area contributed by atoms with Crippen LogP contribution in [0.2, 0.25) is 5.02 Å². The molecular weight excluding hydrogens is 730 g/mol. The van der Waals surface area contributed by atoms with Gasteiger partial charge in [-0.3, -0.25) is 19.6 Å². The van der Waals surface area contributed by atoms with E-state index in [-0.39, 0.29) is 28.7 Å². The second-order valence-electron chi connectivity index (χ2n) is 13.4. The van der Waals surface area contributed by atoms with Crippen molar-refractivity contribution in [1.82, 2.24) is 25.9 Å². The molecule has 0 saturated carbocycles. The van der Waals surface area contributed by atoms with Crippen LogP contribution in [-0.4, -0.2) is 82.3 Å². The number of hydrogen-bond acceptors (Lipinski definition) is 12. The smallest absolute Gasteiger partial charge is 0.234 e. The van der Waals surface area contributed by atoms with E-state index < -0.39 is 10.0 Å². The Labute approximate surface area is 320 Å². The molecule has 2 aliphatic rings. The lowest BCUT2D eigenvalue weighted by Gasteiger charge is -2.34. The van der Waals surface area contributed by atoms with Crippen LogP contribution in [0.25, 0.3) is 0 Å². The molecule has 2 aliphatic heterocycles. The highest BCUT2D eigenvalue weighted by atomic mass is 35.5. The number of carbonyl (C=O) groups excluding carboxylic acids is 2. The van der Waals surface area contributed by atoms with Crippen molar-refractivity contribution in [3.63, 3.8) is 0 Å². The molecule has 1 atom stereocenters. The van der Waals surface area contributed by atoms with Crippen molar-refractivity contribution in [2.24, 2.45) is 0 Å². The van der Waals surface area contributed by atoms with Gasteiger partial charge in [0.15, 0.2) is 5.82 Å². The second kappa shape index (κ2) is 17.9. The highest BCUT2D eigenvalue weighted by molar-refractivity contribution is 7.92. The maximum atomic E-state index is 12.2. The summed E-state index contributed by atoms with van der Waals surface area (Å²) in [5.74, 6) is 0.579. The number of methoxy groups -OCH3 is 1. The molecule has 6 rings (SSSR count). The maximum absolute atomic E-state index is 12.2. The molecule has 0 aliphatic carbocycles. The van der Waals surface area contributed by atoms with Crippen molar-refractivity contribution < 1.29 is 22.7 Å². The van der Waals surface area contributed by atoms with Gasteiger partial charge < -0.3 is 30.9 Å². The molecule has 286 valence electrons. The number of amides is 2. The Morgan fingerprint density at radius 1 is 0.926 bits per heavy atom. The summed E-state index contributed by atoms with van der Waals surface area (Å²) >= 11 is 6.40. The van der Waals surface area contributed by atoms with Crippen molar-refractivity contribution >= 4 is 68.0 Å². The van der Waals surface area contributed by atoms with Crippen LogP contribution < -0.4 is 40.9 Å². The molecule has 54 heavy (non-hydrogen) atoms. The molecule has 3 heterocycles. The molecule has 2 amide bonds. The number of para-hydroxylation sites is 2. The van der Waals surface area contributed by atoms with Gasteiger partial charge in [0.2, 0.25) is 27.8 Å². The van der Waals surface area contributed by atoms with E-state index in [4.69, 9.17) is 16.3 Å². The topological polar surface area (TPSA) is 179 Å². The first-order valence-corrected chi connectivity index (χ1v) is 20.2. The van der Waals surface area contributed by atoms with Crippen LogP contribution in [0.1, 0.15) is 42.7 Å². The zero-order chi connectivity index (χ0) is 38.1. The first kappa shape index (κ1) is 38.8. The van der Waals surface area contributed by atoms with E-state index >= 15 is 0 Å². The van der Waals surface area contributed by atoms with Crippen LogP contribution in [0.3, 0.4) is 0 Å². The van der Waals surface area contributed by atoms with Gasteiger partial charge in [-0.25, -0.2) is 13.4 Å². The van der Waals surface area contributed by atoms with Crippen LogP contribution in [0, 0.1) is 0 Å². The number of halogens is 1. The van der Waals surface area contributed by atoms with Gasteiger partial charge in [-0.1, -0.05) is 48.0 Å². The van der Waals surface area contributed by atoms with Gasteiger partial charge in [0.1, 0.15) is 10.8 Å². The molecule has 1 unspecified atom stereocenters. The zero-order valence-electron chi connectivity index (χ0n) is 30.3. The van der Waals surface area contributed by atoms with E-state index in [0.717, 1.165) is 69.5 Å². The molecule has 16 heteroatoms. The van der Waals surface area contributed by atoms with E-state index in [0.29, 0.717) is 47.5 Å². The fourth-order valence-corrected chi connectivity index (χ4v) is 7.33. The molecule has 1 aromatic heterocycles. The highest BCUT2D eigenvalue weighted by Crippen LogP contribution is 2.34. The van der Waals surface area contributed by atoms with Crippen LogP contribution >= 0.6 is 11.6 Å². The first-order chi connectivity index (χ1) is 26.0. The molecule has 4 aromatic rings. The molecule has 0 radical (unpaired) electrons. The minimum absolute atomic E-state index is 0.192. The summed E-state index contributed by atoms with van der Waals surface area (Å²) in [5, 5.41) is 16.2. The number of nitrogens with zero attached hydrogens (tertiary/aromatic N) is 3. The van der Waals surface area contributed by atoms with Crippen LogP contribution in [0.15, 0.2) is 72.9 Å². The number of rotatable bonds is 16. The average molecular weight is 776 g/mol. The monoisotopic (exact) mass is 775 g/mol. The molecule has 0 bridgehead atoms. The van der Waals surface area contributed by atoms with E-state index in [1.54, 1.807) is 31.4 Å². The van der Waals surface area contributed by atoms with Gasteiger partial charge in [-0.2, -0.15) is 4.98 Å². The molecule has 6 N–H and O–H groups in total. The summed E-state index contributed by atoms with van der Waals surface area (Å²) in [5.41, 5.74) is 4.76. The number of ether oxygens (including phenoxy) is 1. The zero-order valence-corrected chi connectivity index (χ0v) is 31.9. The van der Waals surface area contributed by atoms with Crippen molar-refractivity contribution in [2.45, 2.75) is 44.1 Å². The number of hydrogen-bond donors (Lipinski definition) is 6. The summed E-state index contributed by atoms with van der Waals surface area (Å²) in [6.45, 7) is 4.47. The Bertz CT molecular complexity index is 2040.